The Morgan fingerprint density at radius 2 is 2.37 bits per heavy atom. The van der Waals surface area contributed by atoms with Crippen molar-refractivity contribution >= 4 is 45.2 Å². The van der Waals surface area contributed by atoms with Gasteiger partial charge in [-0.1, -0.05) is 0 Å². The maximum absolute atomic E-state index is 6.02. The monoisotopic (exact) mass is 390 g/mol. The summed E-state index contributed by atoms with van der Waals surface area (Å²) >= 11 is 8.33. The van der Waals surface area contributed by atoms with Crippen LogP contribution < -0.4 is 0 Å². The maximum Gasteiger partial charge on any atom is 0.124 e. The van der Waals surface area contributed by atoms with Gasteiger partial charge in [-0.3, -0.25) is 0 Å². The predicted octanol–water partition coefficient (Wildman–Crippen LogP) is 3.95. The van der Waals surface area contributed by atoms with E-state index in [2.05, 4.69) is 50.3 Å². The average Bonchev–Trinajstić information content (AvgIpc) is 3.02. The number of imidazole rings is 1. The molecule has 1 aromatic carbocycles. The minimum absolute atomic E-state index is 0.407. The fraction of sp³-hybridized carbons (Fsp3) is 0.500. The summed E-state index contributed by atoms with van der Waals surface area (Å²) in [6.07, 6.45) is 3.82. The zero-order valence-corrected chi connectivity index (χ0v) is 13.5. The Morgan fingerprint density at radius 1 is 1.47 bits per heavy atom. The molecule has 19 heavy (non-hydrogen) atoms. The van der Waals surface area contributed by atoms with E-state index in [1.807, 2.05) is 0 Å². The molecule has 0 saturated carbocycles. The van der Waals surface area contributed by atoms with E-state index < -0.39 is 0 Å². The highest BCUT2D eigenvalue weighted by molar-refractivity contribution is 14.1. The summed E-state index contributed by atoms with van der Waals surface area (Å²) in [6.45, 7) is 1.85. The molecule has 1 aliphatic heterocycles. The Hall–Kier alpha value is -0.330. The van der Waals surface area contributed by atoms with Crippen molar-refractivity contribution in [3.05, 3.63) is 27.6 Å². The number of ether oxygens (including phenoxy) is 1. The molecule has 1 aliphatic rings. The summed E-state index contributed by atoms with van der Waals surface area (Å²) in [6, 6.07) is 6.36. The van der Waals surface area contributed by atoms with Crippen molar-refractivity contribution in [1.82, 2.24) is 9.55 Å². The quantitative estimate of drug-likeness (QED) is 0.584. The van der Waals surface area contributed by atoms with Crippen LogP contribution in [0, 0.1) is 3.57 Å². The van der Waals surface area contributed by atoms with Gasteiger partial charge >= 0.3 is 0 Å². The standard InChI is InChI=1S/C14H16ClIN2O/c15-9-14-17-12-8-10(16)3-4-13(12)18(14)6-5-11-2-1-7-19-11/h3-4,8,11H,1-2,5-7,9H2. The minimum atomic E-state index is 0.407. The Morgan fingerprint density at radius 3 is 3.11 bits per heavy atom. The molecule has 2 heterocycles. The van der Waals surface area contributed by atoms with E-state index in [4.69, 9.17) is 16.3 Å². The summed E-state index contributed by atoms with van der Waals surface area (Å²) in [5, 5.41) is 0. The molecule has 3 nitrogen and oxygen atoms in total. The zero-order valence-electron chi connectivity index (χ0n) is 10.6. The first-order valence-corrected chi connectivity index (χ1v) is 8.21. The number of aromatic nitrogens is 2. The molecule has 2 aromatic rings. The van der Waals surface area contributed by atoms with E-state index in [-0.39, 0.29) is 0 Å². The fourth-order valence-corrected chi connectivity index (χ4v) is 3.33. The zero-order chi connectivity index (χ0) is 13.2. The van der Waals surface area contributed by atoms with E-state index >= 15 is 0 Å². The second-order valence-corrected chi connectivity index (χ2v) is 6.38. The number of alkyl halides is 1. The lowest BCUT2D eigenvalue weighted by atomic mass is 10.2. The van der Waals surface area contributed by atoms with Crippen molar-refractivity contribution in [1.29, 1.82) is 0 Å². The van der Waals surface area contributed by atoms with Crippen LogP contribution >= 0.6 is 34.2 Å². The van der Waals surface area contributed by atoms with Crippen molar-refractivity contribution in [2.75, 3.05) is 6.61 Å². The number of rotatable bonds is 4. The summed E-state index contributed by atoms with van der Waals surface area (Å²) in [4.78, 5) is 4.62. The third-order valence-corrected chi connectivity index (χ3v) is 4.52. The number of fused-ring (bicyclic) bond motifs is 1. The number of nitrogens with zero attached hydrogens (tertiary/aromatic N) is 2. The molecule has 0 radical (unpaired) electrons. The van der Waals surface area contributed by atoms with Crippen LogP contribution in [0.3, 0.4) is 0 Å². The third-order valence-electron chi connectivity index (χ3n) is 3.61. The molecule has 3 rings (SSSR count). The van der Waals surface area contributed by atoms with E-state index in [1.54, 1.807) is 0 Å². The average molecular weight is 391 g/mol. The van der Waals surface area contributed by atoms with E-state index in [0.717, 1.165) is 30.9 Å². The van der Waals surface area contributed by atoms with Gasteiger partial charge in [0.2, 0.25) is 0 Å². The molecule has 0 bridgehead atoms. The highest BCUT2D eigenvalue weighted by Gasteiger charge is 2.17. The summed E-state index contributed by atoms with van der Waals surface area (Å²) in [5.41, 5.74) is 2.21. The normalized spacial score (nSPS) is 19.4. The van der Waals surface area contributed by atoms with Gasteiger partial charge < -0.3 is 9.30 Å². The molecule has 1 aromatic heterocycles. The smallest absolute Gasteiger partial charge is 0.124 e. The van der Waals surface area contributed by atoms with Crippen LogP contribution in [-0.2, 0) is 17.2 Å². The summed E-state index contributed by atoms with van der Waals surface area (Å²) in [7, 11) is 0. The molecule has 1 saturated heterocycles. The van der Waals surface area contributed by atoms with Gasteiger partial charge in [0.1, 0.15) is 5.82 Å². The Bertz CT molecular complexity index is 578. The molecule has 0 aliphatic carbocycles. The van der Waals surface area contributed by atoms with E-state index in [9.17, 15) is 0 Å². The van der Waals surface area contributed by atoms with Crippen molar-refractivity contribution in [2.24, 2.45) is 0 Å². The van der Waals surface area contributed by atoms with Crippen LogP contribution in [0.25, 0.3) is 11.0 Å². The highest BCUT2D eigenvalue weighted by atomic mass is 127. The van der Waals surface area contributed by atoms with Gasteiger partial charge in [-0.2, -0.15) is 0 Å². The molecule has 102 valence electrons. The Kier molecular flexibility index (Phi) is 4.29. The molecule has 1 atom stereocenters. The van der Waals surface area contributed by atoms with Crippen LogP contribution in [0.1, 0.15) is 25.1 Å². The number of hydrogen-bond acceptors (Lipinski definition) is 2. The van der Waals surface area contributed by atoms with Gasteiger partial charge in [-0.05, 0) is 60.1 Å². The van der Waals surface area contributed by atoms with E-state index in [1.165, 1.54) is 21.9 Å². The molecule has 0 spiro atoms. The van der Waals surface area contributed by atoms with Crippen LogP contribution in [-0.4, -0.2) is 22.3 Å². The van der Waals surface area contributed by atoms with Crippen LogP contribution in [0.4, 0.5) is 0 Å². The molecule has 0 amide bonds. The second-order valence-electron chi connectivity index (χ2n) is 4.87. The van der Waals surface area contributed by atoms with Gasteiger partial charge in [0.05, 0.1) is 23.0 Å². The van der Waals surface area contributed by atoms with E-state index in [0.29, 0.717) is 12.0 Å². The lowest BCUT2D eigenvalue weighted by Gasteiger charge is -2.12. The molecule has 1 fully saturated rings. The largest absolute Gasteiger partial charge is 0.378 e. The number of hydrogen-bond donors (Lipinski definition) is 0. The Balaban J connectivity index is 1.87. The molecule has 5 heteroatoms. The van der Waals surface area contributed by atoms with Gasteiger partial charge in [-0.15, -0.1) is 11.6 Å². The van der Waals surface area contributed by atoms with Crippen LogP contribution in [0.5, 0.6) is 0 Å². The predicted molar refractivity (Wildman–Crippen MR) is 85.6 cm³/mol. The highest BCUT2D eigenvalue weighted by Crippen LogP contribution is 2.22. The number of benzene rings is 1. The first-order chi connectivity index (χ1) is 9.28. The van der Waals surface area contributed by atoms with Crippen LogP contribution in [0.15, 0.2) is 18.2 Å². The first kappa shape index (κ1) is 13.6. The van der Waals surface area contributed by atoms with Crippen molar-refractivity contribution < 1.29 is 4.74 Å². The number of aryl methyl sites for hydroxylation is 1. The lowest BCUT2D eigenvalue weighted by Crippen LogP contribution is -2.11. The number of halogens is 2. The maximum atomic E-state index is 6.02. The molecule has 0 N–H and O–H groups in total. The van der Waals surface area contributed by atoms with Crippen LogP contribution in [0.2, 0.25) is 0 Å². The molecular formula is C14H16ClIN2O. The van der Waals surface area contributed by atoms with Gasteiger partial charge in [-0.25, -0.2) is 4.98 Å². The lowest BCUT2D eigenvalue weighted by molar-refractivity contribution is 0.100. The van der Waals surface area contributed by atoms with Gasteiger partial charge in [0.15, 0.2) is 0 Å². The van der Waals surface area contributed by atoms with Gasteiger partial charge in [0.25, 0.3) is 0 Å². The molecular weight excluding hydrogens is 375 g/mol. The minimum Gasteiger partial charge on any atom is -0.378 e. The summed E-state index contributed by atoms with van der Waals surface area (Å²) < 4.78 is 9.13. The fourth-order valence-electron chi connectivity index (χ4n) is 2.65. The molecule has 1 unspecified atom stereocenters. The Labute approximate surface area is 131 Å². The van der Waals surface area contributed by atoms with Crippen molar-refractivity contribution in [3.63, 3.8) is 0 Å². The topological polar surface area (TPSA) is 27.1 Å². The van der Waals surface area contributed by atoms with Crippen molar-refractivity contribution in [2.45, 2.75) is 37.8 Å². The first-order valence-electron chi connectivity index (χ1n) is 6.60. The third kappa shape index (κ3) is 2.90. The summed E-state index contributed by atoms with van der Waals surface area (Å²) in [5.74, 6) is 1.41. The second kappa shape index (κ2) is 5.97. The SMILES string of the molecule is ClCc1nc2cc(I)ccc2n1CCC1CCCO1. The van der Waals surface area contributed by atoms with Crippen molar-refractivity contribution in [3.8, 4) is 0 Å². The van der Waals surface area contributed by atoms with Gasteiger partial charge in [0, 0.05) is 16.7 Å².